The lowest BCUT2D eigenvalue weighted by molar-refractivity contribution is 0.0516. The highest BCUT2D eigenvalue weighted by molar-refractivity contribution is 5.75. The fourth-order valence-corrected chi connectivity index (χ4v) is 10.1. The smallest absolute Gasteiger partial charge is 0.407 e. The lowest BCUT2D eigenvalue weighted by Crippen LogP contribution is -2.48. The number of aryl methyl sites for hydroxylation is 3. The van der Waals surface area contributed by atoms with Crippen molar-refractivity contribution in [3.63, 3.8) is 0 Å². The molecule has 458 valence electrons. The van der Waals surface area contributed by atoms with Gasteiger partial charge in [-0.2, -0.15) is 15.8 Å². The zero-order valence-corrected chi connectivity index (χ0v) is 51.5. The fourth-order valence-electron chi connectivity index (χ4n) is 10.1. The Morgan fingerprint density at radius 3 is 1.02 bits per heavy atom. The Bertz CT molecular complexity index is 2580. The number of amides is 8. The largest absolute Gasteiger partial charge is 0.444 e. The topological polar surface area (TPSA) is 248 Å². The van der Waals surface area contributed by atoms with Crippen LogP contribution in [0, 0.1) is 50.2 Å². The Kier molecular flexibility index (Phi) is 28.6. The predicted octanol–water partition coefficient (Wildman–Crippen LogP) is 10.2. The highest BCUT2D eigenvalue weighted by atomic mass is 16.6. The number of likely N-dealkylation sites (tertiary alicyclic amines) is 3. The van der Waals surface area contributed by atoms with Gasteiger partial charge in [-0.05, 0) is 169 Å². The minimum atomic E-state index is -0.547. The van der Waals surface area contributed by atoms with Gasteiger partial charge in [0.1, 0.15) is 11.2 Å². The summed E-state index contributed by atoms with van der Waals surface area (Å²) in [5.41, 5.74) is 1.67. The number of hydrogen-bond donors (Lipinski definition) is 5. The Labute approximate surface area is 501 Å². The standard InChI is InChI=1S/C23H34N4O3.C22H32N4O3.C20H30N4O/c1-22(2,3)30-21(29)26-15-7-14-25-20(28)27-16-12-23(18-24,13-17-27)11-10-19-8-5-4-6-9-19;1-21(2,3)29-20(28)25-14-13-24-19(27)26-15-11-22(17-23,12-16-26)10-9-18-7-5-4-6-8-18;1-23(2)14-6-13-22-19(25)24-15-11-20(17-21,12-16-24)10-9-18-7-4-3-5-8-18/h4-6,8-9H,7,10-17H2,1-3H3,(H,25,28)(H,26,29);4-8H,9-16H2,1-3H3,(H,24,27)(H,25,28);3-5,7-8H,6,9-16H2,1-2H3,(H,22,25). The van der Waals surface area contributed by atoms with Crippen LogP contribution < -0.4 is 26.6 Å². The third kappa shape index (κ3) is 26.3. The summed E-state index contributed by atoms with van der Waals surface area (Å²) >= 11 is 0. The first-order chi connectivity index (χ1) is 40.0. The molecule has 0 bridgehead atoms. The summed E-state index contributed by atoms with van der Waals surface area (Å²) in [5.74, 6) is 0. The summed E-state index contributed by atoms with van der Waals surface area (Å²) in [7, 11) is 4.06. The van der Waals surface area contributed by atoms with Gasteiger partial charge < -0.3 is 55.7 Å². The van der Waals surface area contributed by atoms with Crippen LogP contribution in [0.4, 0.5) is 24.0 Å². The average molecular weight is 1160 g/mol. The molecule has 0 atom stereocenters. The van der Waals surface area contributed by atoms with Crippen molar-refractivity contribution >= 4 is 30.3 Å². The molecule has 5 N–H and O–H groups in total. The van der Waals surface area contributed by atoms with Gasteiger partial charge in [0.2, 0.25) is 0 Å². The van der Waals surface area contributed by atoms with Crippen LogP contribution in [0.3, 0.4) is 0 Å². The third-order valence-electron chi connectivity index (χ3n) is 15.4. The van der Waals surface area contributed by atoms with E-state index in [2.05, 4.69) is 86.1 Å². The molecule has 8 amide bonds. The monoisotopic (exact) mass is 1160 g/mol. The molecule has 0 saturated carbocycles. The minimum Gasteiger partial charge on any atom is -0.444 e. The molecule has 3 saturated heterocycles. The lowest BCUT2D eigenvalue weighted by atomic mass is 9.75. The van der Waals surface area contributed by atoms with Crippen LogP contribution in [0.5, 0.6) is 0 Å². The first-order valence-corrected chi connectivity index (χ1v) is 30.0. The van der Waals surface area contributed by atoms with Crippen LogP contribution in [-0.2, 0) is 28.7 Å². The maximum absolute atomic E-state index is 12.4. The summed E-state index contributed by atoms with van der Waals surface area (Å²) in [5, 5.41) is 43.1. The zero-order chi connectivity index (χ0) is 61.5. The van der Waals surface area contributed by atoms with Crippen molar-refractivity contribution in [3.05, 3.63) is 108 Å². The predicted molar refractivity (Wildman–Crippen MR) is 327 cm³/mol. The summed E-state index contributed by atoms with van der Waals surface area (Å²) in [4.78, 5) is 67.6. The Hall–Kier alpha value is -7.56. The van der Waals surface area contributed by atoms with Crippen molar-refractivity contribution < 1.29 is 33.4 Å². The molecule has 0 aromatic heterocycles. The molecule has 0 unspecified atom stereocenters. The Morgan fingerprint density at radius 2 is 0.726 bits per heavy atom. The van der Waals surface area contributed by atoms with Crippen LogP contribution in [-0.4, -0.2) is 154 Å². The van der Waals surface area contributed by atoms with Crippen LogP contribution in [0.25, 0.3) is 0 Å². The second-order valence-corrected chi connectivity index (χ2v) is 24.7. The maximum Gasteiger partial charge on any atom is 0.407 e. The Morgan fingerprint density at radius 1 is 0.452 bits per heavy atom. The normalized spacial score (nSPS) is 16.0. The van der Waals surface area contributed by atoms with E-state index in [1.165, 1.54) is 16.7 Å². The van der Waals surface area contributed by atoms with Crippen molar-refractivity contribution in [2.75, 3.05) is 92.6 Å². The highest BCUT2D eigenvalue weighted by Gasteiger charge is 2.38. The number of nitriles is 3. The number of urea groups is 3. The zero-order valence-electron chi connectivity index (χ0n) is 51.5. The van der Waals surface area contributed by atoms with Gasteiger partial charge >= 0.3 is 30.3 Å². The first kappa shape index (κ1) is 68.9. The van der Waals surface area contributed by atoms with Gasteiger partial charge in [0.05, 0.1) is 34.5 Å². The summed E-state index contributed by atoms with van der Waals surface area (Å²) in [6.07, 6.45) is 10.1. The van der Waals surface area contributed by atoms with Crippen molar-refractivity contribution in [2.24, 2.45) is 16.2 Å². The number of rotatable bonds is 20. The summed E-state index contributed by atoms with van der Waals surface area (Å²) < 4.78 is 10.3. The van der Waals surface area contributed by atoms with E-state index < -0.39 is 23.4 Å². The van der Waals surface area contributed by atoms with E-state index in [1.807, 2.05) is 94.4 Å². The van der Waals surface area contributed by atoms with Crippen molar-refractivity contribution in [2.45, 2.75) is 143 Å². The van der Waals surface area contributed by atoms with Gasteiger partial charge in [0, 0.05) is 72.0 Å². The van der Waals surface area contributed by atoms with E-state index in [0.717, 1.165) is 64.3 Å². The van der Waals surface area contributed by atoms with Gasteiger partial charge in [0.25, 0.3) is 0 Å². The number of carbonyl (C=O) groups excluding carboxylic acids is 5. The fraction of sp³-hybridized carbons (Fsp3) is 0.600. The molecular weight excluding hydrogens is 1060 g/mol. The number of alkyl carbamates (subject to hydrolysis) is 2. The molecule has 3 aliphatic heterocycles. The number of benzene rings is 3. The molecule has 0 radical (unpaired) electrons. The van der Waals surface area contributed by atoms with E-state index in [1.54, 1.807) is 30.6 Å². The second kappa shape index (κ2) is 34.9. The van der Waals surface area contributed by atoms with Gasteiger partial charge in [-0.15, -0.1) is 0 Å². The molecule has 3 heterocycles. The Balaban J connectivity index is 0.000000271. The van der Waals surface area contributed by atoms with E-state index in [4.69, 9.17) is 9.47 Å². The van der Waals surface area contributed by atoms with Crippen LogP contribution in [0.15, 0.2) is 91.0 Å². The quantitative estimate of drug-likeness (QED) is 0.0666. The molecule has 19 heteroatoms. The molecule has 6 rings (SSSR count). The molecule has 3 fully saturated rings. The van der Waals surface area contributed by atoms with Crippen molar-refractivity contribution in [1.82, 2.24) is 46.2 Å². The third-order valence-corrected chi connectivity index (χ3v) is 15.4. The van der Waals surface area contributed by atoms with Gasteiger partial charge in [-0.1, -0.05) is 91.0 Å². The molecule has 84 heavy (non-hydrogen) atoms. The van der Waals surface area contributed by atoms with Gasteiger partial charge in [-0.25, -0.2) is 24.0 Å². The maximum atomic E-state index is 12.4. The average Bonchev–Trinajstić information content (AvgIpc) is 3.48. The SMILES string of the molecule is CC(C)(C)OC(=O)NCCCNC(=O)N1CCC(C#N)(CCc2ccccc2)CC1.CC(C)(C)OC(=O)NCCNC(=O)N1CCC(C#N)(CCc2ccccc2)CC1.CN(C)CCCNC(=O)N1CCC(C#N)(CCc2ccccc2)CC1. The second-order valence-electron chi connectivity index (χ2n) is 24.7. The molecule has 3 aliphatic rings. The lowest BCUT2D eigenvalue weighted by Gasteiger charge is -2.37. The van der Waals surface area contributed by atoms with Gasteiger partial charge in [0.15, 0.2) is 0 Å². The molecule has 3 aromatic rings. The van der Waals surface area contributed by atoms with Crippen molar-refractivity contribution in [3.8, 4) is 18.2 Å². The number of hydrogen-bond acceptors (Lipinski definition) is 11. The van der Waals surface area contributed by atoms with Crippen LogP contribution >= 0.6 is 0 Å². The van der Waals surface area contributed by atoms with E-state index >= 15 is 0 Å². The number of ether oxygens (including phenoxy) is 2. The molecule has 3 aromatic carbocycles. The first-order valence-electron chi connectivity index (χ1n) is 30.0. The minimum absolute atomic E-state index is 0.00774. The molecule has 19 nitrogen and oxygen atoms in total. The number of nitrogens with one attached hydrogen (secondary N) is 5. The molecule has 0 spiro atoms. The number of piperidine rings is 3. The summed E-state index contributed by atoms with van der Waals surface area (Å²) in [6.45, 7) is 17.7. The summed E-state index contributed by atoms with van der Waals surface area (Å²) in [6, 6.07) is 38.0. The van der Waals surface area contributed by atoms with E-state index in [-0.39, 0.29) is 34.3 Å². The molecular formula is C65H96N12O7. The number of carbonyl (C=O) groups is 5. The van der Waals surface area contributed by atoms with E-state index in [0.29, 0.717) is 104 Å². The van der Waals surface area contributed by atoms with Crippen LogP contribution in [0.1, 0.15) is 129 Å². The highest BCUT2D eigenvalue weighted by Crippen LogP contribution is 2.38. The van der Waals surface area contributed by atoms with Gasteiger partial charge in [-0.3, -0.25) is 0 Å². The van der Waals surface area contributed by atoms with E-state index in [9.17, 15) is 39.8 Å². The number of nitrogens with zero attached hydrogens (tertiary/aromatic N) is 7. The van der Waals surface area contributed by atoms with Crippen LogP contribution in [0.2, 0.25) is 0 Å². The van der Waals surface area contributed by atoms with Crippen molar-refractivity contribution in [1.29, 1.82) is 15.8 Å². The molecule has 0 aliphatic carbocycles.